The van der Waals surface area contributed by atoms with Crippen LogP contribution in [-0.4, -0.2) is 33.7 Å². The molecular weight excluding hydrogens is 404 g/mol. The Kier molecular flexibility index (Phi) is 5.82. The van der Waals surface area contributed by atoms with E-state index in [-0.39, 0.29) is 5.91 Å². The molecule has 0 spiro atoms. The van der Waals surface area contributed by atoms with E-state index in [2.05, 4.69) is 45.6 Å². The Morgan fingerprint density at radius 1 is 1.03 bits per heavy atom. The second-order valence-corrected chi connectivity index (χ2v) is 9.30. The van der Waals surface area contributed by atoms with Crippen LogP contribution in [0, 0.1) is 0 Å². The number of aromatic nitrogens is 2. The summed E-state index contributed by atoms with van der Waals surface area (Å²) in [7, 11) is 0. The Bertz CT molecular complexity index is 1130. The van der Waals surface area contributed by atoms with Gasteiger partial charge in [-0.2, -0.15) is 5.10 Å². The molecule has 1 saturated heterocycles. The Hall–Kier alpha value is -2.96. The molecule has 2 aromatic heterocycles. The molecule has 0 aliphatic carbocycles. The summed E-state index contributed by atoms with van der Waals surface area (Å²) in [5.74, 6) is 0.791. The Labute approximate surface area is 186 Å². The Morgan fingerprint density at radius 3 is 2.61 bits per heavy atom. The predicted molar refractivity (Wildman–Crippen MR) is 126 cm³/mol. The molecule has 5 rings (SSSR count). The first kappa shape index (κ1) is 20.0. The van der Waals surface area contributed by atoms with Gasteiger partial charge < -0.3 is 5.32 Å². The van der Waals surface area contributed by atoms with E-state index in [1.165, 1.54) is 15.0 Å². The first-order valence-electron chi connectivity index (χ1n) is 10.8. The number of benzene rings is 2. The minimum atomic E-state index is -0.00449. The number of fused-ring (bicyclic) bond motifs is 1. The zero-order chi connectivity index (χ0) is 21.0. The molecule has 31 heavy (non-hydrogen) atoms. The van der Waals surface area contributed by atoms with Gasteiger partial charge in [-0.3, -0.25) is 9.69 Å². The lowest BCUT2D eigenvalue weighted by Crippen LogP contribution is -2.34. The number of piperidine rings is 1. The van der Waals surface area contributed by atoms with Crippen molar-refractivity contribution in [1.29, 1.82) is 0 Å². The van der Waals surface area contributed by atoms with E-state index >= 15 is 0 Å². The van der Waals surface area contributed by atoms with Gasteiger partial charge in [-0.05, 0) is 35.9 Å². The van der Waals surface area contributed by atoms with Crippen molar-refractivity contribution in [2.75, 3.05) is 18.4 Å². The lowest BCUT2D eigenvalue weighted by molar-refractivity contribution is -0.115. The molecule has 2 aromatic carbocycles. The molecule has 0 saturated carbocycles. The van der Waals surface area contributed by atoms with Crippen LogP contribution in [0.3, 0.4) is 0 Å². The summed E-state index contributed by atoms with van der Waals surface area (Å²) < 4.78 is 3.36. The van der Waals surface area contributed by atoms with Gasteiger partial charge in [0.05, 0.1) is 18.7 Å². The summed E-state index contributed by atoms with van der Waals surface area (Å²) in [5.41, 5.74) is 1.01. The highest BCUT2D eigenvalue weighted by Gasteiger charge is 2.23. The van der Waals surface area contributed by atoms with Crippen LogP contribution < -0.4 is 5.32 Å². The number of carbonyl (C=O) groups excluding carboxylic acids is 1. The Balaban J connectivity index is 1.17. The number of rotatable bonds is 6. The third-order valence-electron chi connectivity index (χ3n) is 5.90. The highest BCUT2D eigenvalue weighted by molar-refractivity contribution is 7.19. The van der Waals surface area contributed by atoms with Crippen LogP contribution in [0.5, 0.6) is 0 Å². The van der Waals surface area contributed by atoms with Crippen LogP contribution in [0.1, 0.15) is 29.3 Å². The molecule has 3 heterocycles. The molecule has 1 amide bonds. The normalized spacial score (nSPS) is 15.4. The first-order valence-corrected chi connectivity index (χ1v) is 11.6. The number of carbonyl (C=O) groups is 1. The predicted octanol–water partition coefficient (Wildman–Crippen LogP) is 5.12. The molecule has 1 aliphatic rings. The van der Waals surface area contributed by atoms with Gasteiger partial charge in [-0.15, -0.1) is 11.3 Å². The second kappa shape index (κ2) is 9.04. The number of hydrogen-bond acceptors (Lipinski definition) is 4. The molecule has 1 aliphatic heterocycles. The van der Waals surface area contributed by atoms with E-state index in [1.807, 2.05) is 52.4 Å². The maximum absolute atomic E-state index is 12.5. The monoisotopic (exact) mass is 430 g/mol. The molecular formula is C25H26N4OS. The van der Waals surface area contributed by atoms with Gasteiger partial charge in [0.2, 0.25) is 5.91 Å². The number of amides is 1. The van der Waals surface area contributed by atoms with E-state index in [4.69, 9.17) is 0 Å². The number of anilines is 1. The Morgan fingerprint density at radius 2 is 1.81 bits per heavy atom. The van der Waals surface area contributed by atoms with Gasteiger partial charge in [0.15, 0.2) is 0 Å². The number of hydrogen-bond donors (Lipinski definition) is 1. The number of thiophene rings is 1. The summed E-state index contributed by atoms with van der Waals surface area (Å²) in [5, 5.41) is 8.91. The molecule has 0 bridgehead atoms. The van der Waals surface area contributed by atoms with Crippen molar-refractivity contribution in [3.8, 4) is 0 Å². The van der Waals surface area contributed by atoms with E-state index in [1.54, 1.807) is 6.20 Å². The van der Waals surface area contributed by atoms with E-state index in [9.17, 15) is 4.79 Å². The lowest BCUT2D eigenvalue weighted by Gasteiger charge is -2.32. The smallest absolute Gasteiger partial charge is 0.229 e. The quantitative estimate of drug-likeness (QED) is 0.462. The van der Waals surface area contributed by atoms with Gasteiger partial charge in [0.1, 0.15) is 5.82 Å². The second-order valence-electron chi connectivity index (χ2n) is 8.13. The van der Waals surface area contributed by atoms with E-state index in [0.29, 0.717) is 12.5 Å². The van der Waals surface area contributed by atoms with Gasteiger partial charge in [-0.25, -0.2) is 4.68 Å². The van der Waals surface area contributed by atoms with Gasteiger partial charge >= 0.3 is 0 Å². The lowest BCUT2D eigenvalue weighted by atomic mass is 10.1. The molecule has 0 atom stereocenters. The zero-order valence-corrected chi connectivity index (χ0v) is 18.2. The zero-order valence-electron chi connectivity index (χ0n) is 17.4. The van der Waals surface area contributed by atoms with Crippen LogP contribution in [-0.2, 0) is 17.8 Å². The third kappa shape index (κ3) is 4.70. The van der Waals surface area contributed by atoms with Gasteiger partial charge in [0.25, 0.3) is 0 Å². The molecule has 0 unspecified atom stereocenters. The molecule has 6 heteroatoms. The fourth-order valence-electron chi connectivity index (χ4n) is 4.33. The van der Waals surface area contributed by atoms with Crippen LogP contribution in [0.4, 0.5) is 5.82 Å². The molecule has 5 nitrogen and oxygen atoms in total. The number of nitrogens with one attached hydrogen (secondary N) is 1. The SMILES string of the molecule is O=C(Cc1ccccc1)Nc1ccnn1C1CCN(Cc2cc3ccccc3s2)CC1. The van der Waals surface area contributed by atoms with Crippen molar-refractivity contribution in [1.82, 2.24) is 14.7 Å². The largest absolute Gasteiger partial charge is 0.311 e. The van der Waals surface area contributed by atoms with E-state index < -0.39 is 0 Å². The fraction of sp³-hybridized carbons (Fsp3) is 0.280. The van der Waals surface area contributed by atoms with Crippen LogP contribution >= 0.6 is 11.3 Å². The standard InChI is InChI=1S/C25H26N4OS/c30-25(16-19-6-2-1-3-7-19)27-24-10-13-26-29(24)21-11-14-28(15-12-21)18-22-17-20-8-4-5-9-23(20)31-22/h1-10,13,17,21H,11-12,14-16,18H2,(H,27,30). The first-order chi connectivity index (χ1) is 15.2. The van der Waals surface area contributed by atoms with Crippen molar-refractivity contribution in [3.63, 3.8) is 0 Å². The number of likely N-dealkylation sites (tertiary alicyclic amines) is 1. The molecule has 1 N–H and O–H groups in total. The van der Waals surface area contributed by atoms with E-state index in [0.717, 1.165) is 43.9 Å². The van der Waals surface area contributed by atoms with Crippen molar-refractivity contribution in [2.45, 2.75) is 31.8 Å². The highest BCUT2D eigenvalue weighted by Crippen LogP contribution is 2.29. The maximum Gasteiger partial charge on any atom is 0.229 e. The van der Waals surface area contributed by atoms with Crippen LogP contribution in [0.2, 0.25) is 0 Å². The highest BCUT2D eigenvalue weighted by atomic mass is 32.1. The van der Waals surface area contributed by atoms with Crippen LogP contribution in [0.15, 0.2) is 72.9 Å². The van der Waals surface area contributed by atoms with Crippen molar-refractivity contribution in [3.05, 3.63) is 83.4 Å². The third-order valence-corrected chi connectivity index (χ3v) is 7.01. The average molecular weight is 431 g/mol. The summed E-state index contributed by atoms with van der Waals surface area (Å²) in [6.45, 7) is 3.08. The summed E-state index contributed by atoms with van der Waals surface area (Å²) >= 11 is 1.89. The molecule has 4 aromatic rings. The summed E-state index contributed by atoms with van der Waals surface area (Å²) in [6.07, 6.45) is 4.23. The van der Waals surface area contributed by atoms with Crippen molar-refractivity contribution >= 4 is 33.1 Å². The average Bonchev–Trinajstić information content (AvgIpc) is 3.41. The molecule has 0 radical (unpaired) electrons. The topological polar surface area (TPSA) is 50.2 Å². The van der Waals surface area contributed by atoms with Gasteiger partial charge in [-0.1, -0.05) is 48.5 Å². The number of nitrogens with zero attached hydrogens (tertiary/aromatic N) is 3. The fourth-order valence-corrected chi connectivity index (χ4v) is 5.44. The van der Waals surface area contributed by atoms with Crippen molar-refractivity contribution in [2.24, 2.45) is 0 Å². The minimum Gasteiger partial charge on any atom is -0.311 e. The summed E-state index contributed by atoms with van der Waals surface area (Å²) in [4.78, 5) is 16.4. The maximum atomic E-state index is 12.5. The van der Waals surface area contributed by atoms with Gasteiger partial charge in [0, 0.05) is 35.3 Å². The van der Waals surface area contributed by atoms with Crippen molar-refractivity contribution < 1.29 is 4.79 Å². The molecule has 1 fully saturated rings. The molecule has 158 valence electrons. The minimum absolute atomic E-state index is 0.00449. The summed E-state index contributed by atoms with van der Waals surface area (Å²) in [6, 6.07) is 23.0. The van der Waals surface area contributed by atoms with Crippen LogP contribution in [0.25, 0.3) is 10.1 Å².